The van der Waals surface area contributed by atoms with Crippen LogP contribution in [0.15, 0.2) is 6.20 Å². The van der Waals surface area contributed by atoms with Gasteiger partial charge in [0.1, 0.15) is 11.4 Å². The molecule has 1 aromatic heterocycles. The maximum absolute atomic E-state index is 11.6. The largest absolute Gasteiger partial charge is 0.462 e. The van der Waals surface area contributed by atoms with E-state index < -0.39 is 12.0 Å². The van der Waals surface area contributed by atoms with E-state index >= 15 is 0 Å². The van der Waals surface area contributed by atoms with Gasteiger partial charge in [0.25, 0.3) is 0 Å². The van der Waals surface area contributed by atoms with Crippen LogP contribution in [0.25, 0.3) is 0 Å². The molecular formula is C9H14N4O3. The van der Waals surface area contributed by atoms with Gasteiger partial charge in [-0.1, -0.05) is 0 Å². The Hall–Kier alpha value is -2.05. The van der Waals surface area contributed by atoms with Gasteiger partial charge in [-0.3, -0.25) is 0 Å². The number of anilines is 1. The van der Waals surface area contributed by atoms with E-state index in [1.54, 1.807) is 21.0 Å². The monoisotopic (exact) mass is 226 g/mol. The van der Waals surface area contributed by atoms with Gasteiger partial charge >= 0.3 is 12.0 Å². The molecule has 1 amide bonds. The van der Waals surface area contributed by atoms with E-state index in [4.69, 9.17) is 10.5 Å². The van der Waals surface area contributed by atoms with E-state index in [1.165, 1.54) is 11.1 Å². The Labute approximate surface area is 92.8 Å². The number of ether oxygens (including phenoxy) is 1. The molecule has 16 heavy (non-hydrogen) atoms. The average molecular weight is 226 g/mol. The lowest BCUT2D eigenvalue weighted by molar-refractivity contribution is 0.0527. The van der Waals surface area contributed by atoms with Gasteiger partial charge in [0.15, 0.2) is 0 Å². The topological polar surface area (TPSA) is 90.4 Å². The molecule has 7 heteroatoms. The number of nitrogens with two attached hydrogens (primary N) is 1. The molecule has 0 fully saturated rings. The zero-order valence-electron chi connectivity index (χ0n) is 9.43. The summed E-state index contributed by atoms with van der Waals surface area (Å²) >= 11 is 0. The minimum Gasteiger partial charge on any atom is -0.462 e. The second-order valence-electron chi connectivity index (χ2n) is 3.25. The number of aromatic nitrogens is 2. The molecule has 0 aromatic carbocycles. The third kappa shape index (κ3) is 2.13. The number of hydrogen-bond donors (Lipinski definition) is 1. The van der Waals surface area contributed by atoms with Crippen LogP contribution in [-0.2, 0) is 4.74 Å². The van der Waals surface area contributed by atoms with Gasteiger partial charge < -0.3 is 15.4 Å². The van der Waals surface area contributed by atoms with Crippen LogP contribution in [0.3, 0.4) is 0 Å². The normalized spacial score (nSPS) is 9.94. The van der Waals surface area contributed by atoms with Gasteiger partial charge in [0.05, 0.1) is 12.8 Å². The number of carbonyl (C=O) groups excluding carboxylic acids is 2. The summed E-state index contributed by atoms with van der Waals surface area (Å²) in [5, 5.41) is 3.74. The summed E-state index contributed by atoms with van der Waals surface area (Å²) in [5.74, 6) is -0.602. The lowest BCUT2D eigenvalue weighted by atomic mass is 10.3. The fraction of sp³-hybridized carbons (Fsp3) is 0.444. The number of hydrogen-bond acceptors (Lipinski definition) is 5. The summed E-state index contributed by atoms with van der Waals surface area (Å²) in [4.78, 5) is 24.2. The third-order valence-corrected chi connectivity index (χ3v) is 1.87. The average Bonchev–Trinajstić information content (AvgIpc) is 2.59. The highest BCUT2D eigenvalue weighted by atomic mass is 16.5. The summed E-state index contributed by atoms with van der Waals surface area (Å²) in [6.07, 6.45) is 1.22. The summed E-state index contributed by atoms with van der Waals surface area (Å²) in [6.45, 7) is 1.93. The molecule has 1 rings (SSSR count). The highest BCUT2D eigenvalue weighted by Gasteiger charge is 2.20. The van der Waals surface area contributed by atoms with Crippen molar-refractivity contribution in [1.29, 1.82) is 0 Å². The van der Waals surface area contributed by atoms with Crippen LogP contribution < -0.4 is 5.73 Å². The lowest BCUT2D eigenvalue weighted by Crippen LogP contribution is -2.29. The molecule has 0 saturated heterocycles. The van der Waals surface area contributed by atoms with E-state index in [0.717, 1.165) is 4.68 Å². The molecule has 0 unspecified atom stereocenters. The Morgan fingerprint density at radius 1 is 1.56 bits per heavy atom. The lowest BCUT2D eigenvalue weighted by Gasteiger charge is -2.10. The molecule has 0 atom stereocenters. The van der Waals surface area contributed by atoms with Crippen LogP contribution in [0.5, 0.6) is 0 Å². The van der Waals surface area contributed by atoms with Crippen LogP contribution in [0.2, 0.25) is 0 Å². The van der Waals surface area contributed by atoms with Crippen LogP contribution in [0, 0.1) is 0 Å². The summed E-state index contributed by atoms with van der Waals surface area (Å²) in [7, 11) is 3.13. The van der Waals surface area contributed by atoms with Gasteiger partial charge in [-0.25, -0.2) is 9.59 Å². The van der Waals surface area contributed by atoms with Crippen molar-refractivity contribution in [3.8, 4) is 0 Å². The SMILES string of the molecule is CCOC(=O)c1cnn(C(=O)N(C)C)c1N. The van der Waals surface area contributed by atoms with Crippen LogP contribution in [-0.4, -0.2) is 47.4 Å². The summed E-state index contributed by atoms with van der Waals surface area (Å²) in [6, 6.07) is -0.423. The minimum atomic E-state index is -0.585. The van der Waals surface area contributed by atoms with Crippen molar-refractivity contribution in [1.82, 2.24) is 14.7 Å². The van der Waals surface area contributed by atoms with Gasteiger partial charge in [-0.15, -0.1) is 0 Å². The molecular weight excluding hydrogens is 212 g/mol. The van der Waals surface area contributed by atoms with Crippen LogP contribution in [0.1, 0.15) is 17.3 Å². The van der Waals surface area contributed by atoms with Crippen molar-refractivity contribution in [2.45, 2.75) is 6.92 Å². The van der Waals surface area contributed by atoms with Crippen LogP contribution >= 0.6 is 0 Å². The molecule has 0 aliphatic rings. The fourth-order valence-corrected chi connectivity index (χ4v) is 1.07. The highest BCUT2D eigenvalue weighted by molar-refractivity contribution is 5.96. The predicted octanol–water partition coefficient (Wildman–Crippen LogP) is 0.172. The zero-order valence-corrected chi connectivity index (χ0v) is 9.43. The molecule has 0 aliphatic carbocycles. The first kappa shape index (κ1) is 12.0. The predicted molar refractivity (Wildman–Crippen MR) is 57.1 cm³/mol. The minimum absolute atomic E-state index is 0.0165. The Balaban J connectivity index is 3.01. The third-order valence-electron chi connectivity index (χ3n) is 1.87. The van der Waals surface area contributed by atoms with E-state index in [0.29, 0.717) is 0 Å². The Kier molecular flexibility index (Phi) is 3.49. The first-order chi connectivity index (χ1) is 7.49. The molecule has 0 saturated carbocycles. The molecule has 7 nitrogen and oxygen atoms in total. The number of rotatable bonds is 2. The first-order valence-electron chi connectivity index (χ1n) is 4.71. The number of nitrogen functional groups attached to an aromatic ring is 1. The Bertz CT molecular complexity index is 411. The second-order valence-corrected chi connectivity index (χ2v) is 3.25. The van der Waals surface area contributed by atoms with Crippen molar-refractivity contribution >= 4 is 17.8 Å². The molecule has 0 radical (unpaired) electrons. The molecule has 1 heterocycles. The number of carbonyl (C=O) groups is 2. The molecule has 0 spiro atoms. The number of esters is 1. The van der Waals surface area contributed by atoms with E-state index in [2.05, 4.69) is 5.10 Å². The van der Waals surface area contributed by atoms with Crippen molar-refractivity contribution < 1.29 is 14.3 Å². The first-order valence-corrected chi connectivity index (χ1v) is 4.71. The van der Waals surface area contributed by atoms with Gasteiger partial charge in [-0.05, 0) is 6.92 Å². The van der Waals surface area contributed by atoms with E-state index in [-0.39, 0.29) is 18.0 Å². The Morgan fingerprint density at radius 2 is 2.19 bits per heavy atom. The van der Waals surface area contributed by atoms with Crippen molar-refractivity contribution in [2.75, 3.05) is 26.4 Å². The maximum Gasteiger partial charge on any atom is 0.346 e. The molecule has 2 N–H and O–H groups in total. The zero-order chi connectivity index (χ0) is 12.3. The fourth-order valence-electron chi connectivity index (χ4n) is 1.07. The highest BCUT2D eigenvalue weighted by Crippen LogP contribution is 2.12. The summed E-state index contributed by atoms with van der Waals surface area (Å²) in [5.41, 5.74) is 5.72. The van der Waals surface area contributed by atoms with E-state index in [1.807, 2.05) is 0 Å². The van der Waals surface area contributed by atoms with Gasteiger partial charge in [-0.2, -0.15) is 9.78 Å². The molecule has 0 bridgehead atoms. The van der Waals surface area contributed by atoms with Crippen molar-refractivity contribution in [2.24, 2.45) is 0 Å². The van der Waals surface area contributed by atoms with Gasteiger partial charge in [0.2, 0.25) is 0 Å². The summed E-state index contributed by atoms with van der Waals surface area (Å²) < 4.78 is 5.72. The maximum atomic E-state index is 11.6. The van der Waals surface area contributed by atoms with Crippen LogP contribution in [0.4, 0.5) is 10.6 Å². The molecule has 0 aliphatic heterocycles. The Morgan fingerprint density at radius 3 is 2.69 bits per heavy atom. The van der Waals surface area contributed by atoms with Crippen molar-refractivity contribution in [3.63, 3.8) is 0 Å². The number of amides is 1. The second kappa shape index (κ2) is 4.65. The molecule has 88 valence electrons. The van der Waals surface area contributed by atoms with Gasteiger partial charge in [0, 0.05) is 14.1 Å². The smallest absolute Gasteiger partial charge is 0.346 e. The molecule has 1 aromatic rings. The number of nitrogens with zero attached hydrogens (tertiary/aromatic N) is 3. The van der Waals surface area contributed by atoms with Crippen molar-refractivity contribution in [3.05, 3.63) is 11.8 Å². The standard InChI is InChI=1S/C9H14N4O3/c1-4-16-8(14)6-5-11-13(7(6)10)9(15)12(2)3/h5H,4,10H2,1-3H3. The quantitative estimate of drug-likeness (QED) is 0.726. The van der Waals surface area contributed by atoms with E-state index in [9.17, 15) is 9.59 Å².